The molecule has 1 heterocycles. The molecule has 19 heavy (non-hydrogen) atoms. The number of nitrogens with zero attached hydrogens (tertiary/aromatic N) is 1. The summed E-state index contributed by atoms with van der Waals surface area (Å²) >= 11 is 6.66. The van der Waals surface area contributed by atoms with Gasteiger partial charge in [-0.25, -0.2) is 4.79 Å². The number of piperidine rings is 1. The van der Waals surface area contributed by atoms with Crippen molar-refractivity contribution in [1.82, 2.24) is 4.90 Å². The molecule has 0 bridgehead atoms. The smallest absolute Gasteiger partial charge is 0.326 e. The summed E-state index contributed by atoms with van der Waals surface area (Å²) in [5.41, 5.74) is 0.495. The molecule has 1 aliphatic rings. The van der Waals surface area contributed by atoms with Crippen molar-refractivity contribution in [2.75, 3.05) is 6.54 Å². The molecule has 1 fully saturated rings. The van der Waals surface area contributed by atoms with Gasteiger partial charge in [0.25, 0.3) is 5.91 Å². The van der Waals surface area contributed by atoms with Gasteiger partial charge in [-0.3, -0.25) is 4.79 Å². The van der Waals surface area contributed by atoms with Gasteiger partial charge in [-0.05, 0) is 37.5 Å². The maximum absolute atomic E-state index is 12.4. The van der Waals surface area contributed by atoms with Crippen molar-refractivity contribution in [3.63, 3.8) is 0 Å². The van der Waals surface area contributed by atoms with Gasteiger partial charge in [-0.1, -0.05) is 31.9 Å². The van der Waals surface area contributed by atoms with Crippen LogP contribution in [-0.2, 0) is 4.79 Å². The molecule has 6 heteroatoms. The summed E-state index contributed by atoms with van der Waals surface area (Å²) in [6.07, 6.45) is 2.23. The lowest BCUT2D eigenvalue weighted by Gasteiger charge is -2.33. The summed E-state index contributed by atoms with van der Waals surface area (Å²) in [6.45, 7) is 0.500. The van der Waals surface area contributed by atoms with Gasteiger partial charge in [0.05, 0.1) is 0 Å². The lowest BCUT2D eigenvalue weighted by Crippen LogP contribution is -2.48. The molecule has 1 saturated heterocycles. The molecule has 0 aromatic heterocycles. The Hall–Kier alpha value is -0.880. The van der Waals surface area contributed by atoms with Crippen LogP contribution in [0.4, 0.5) is 0 Å². The molecule has 1 aliphatic heterocycles. The summed E-state index contributed by atoms with van der Waals surface area (Å²) in [7, 11) is 0. The van der Waals surface area contributed by atoms with E-state index < -0.39 is 12.0 Å². The first kappa shape index (κ1) is 14.5. The van der Waals surface area contributed by atoms with Crippen molar-refractivity contribution in [1.29, 1.82) is 0 Å². The van der Waals surface area contributed by atoms with E-state index in [0.29, 0.717) is 18.5 Å². The van der Waals surface area contributed by atoms with E-state index >= 15 is 0 Å². The SMILES string of the molecule is O=C(O)[C@@H]1CCCCN1C(=O)c1cc(Br)cc(Br)c1. The zero-order valence-corrected chi connectivity index (χ0v) is 13.3. The molecular formula is C13H13Br2NO3. The largest absolute Gasteiger partial charge is 0.480 e. The van der Waals surface area contributed by atoms with Crippen LogP contribution in [0.15, 0.2) is 27.1 Å². The molecule has 0 radical (unpaired) electrons. The third-order valence-electron chi connectivity index (χ3n) is 3.16. The number of rotatable bonds is 2. The van der Waals surface area contributed by atoms with E-state index in [1.54, 1.807) is 12.1 Å². The standard InChI is InChI=1S/C13H13Br2NO3/c14-9-5-8(6-10(15)7-9)12(17)16-4-2-1-3-11(16)13(18)19/h5-7,11H,1-4H2,(H,18,19)/t11-/m0/s1. The fourth-order valence-corrected chi connectivity index (χ4v) is 3.57. The van der Waals surface area contributed by atoms with E-state index in [-0.39, 0.29) is 5.91 Å². The predicted molar refractivity (Wildman–Crippen MR) is 78.2 cm³/mol. The van der Waals surface area contributed by atoms with Crippen LogP contribution in [0.2, 0.25) is 0 Å². The molecule has 1 N–H and O–H groups in total. The Morgan fingerprint density at radius 3 is 2.37 bits per heavy atom. The number of halogens is 2. The molecule has 1 aromatic rings. The molecule has 1 aromatic carbocycles. The van der Waals surface area contributed by atoms with E-state index in [4.69, 9.17) is 0 Å². The van der Waals surface area contributed by atoms with Crippen molar-refractivity contribution < 1.29 is 14.7 Å². The number of amides is 1. The van der Waals surface area contributed by atoms with E-state index in [1.165, 1.54) is 4.90 Å². The molecule has 4 nitrogen and oxygen atoms in total. The number of likely N-dealkylation sites (tertiary alicyclic amines) is 1. The first-order valence-electron chi connectivity index (χ1n) is 5.99. The molecule has 0 unspecified atom stereocenters. The normalized spacial score (nSPS) is 19.3. The summed E-state index contributed by atoms with van der Waals surface area (Å²) < 4.78 is 1.57. The third-order valence-corrected chi connectivity index (χ3v) is 4.07. The fourth-order valence-electron chi connectivity index (χ4n) is 2.27. The molecule has 0 aliphatic carbocycles. The first-order chi connectivity index (χ1) is 8.99. The van der Waals surface area contributed by atoms with Crippen molar-refractivity contribution in [3.8, 4) is 0 Å². The van der Waals surface area contributed by atoms with Crippen LogP contribution >= 0.6 is 31.9 Å². The van der Waals surface area contributed by atoms with Gasteiger partial charge in [0, 0.05) is 21.1 Å². The molecule has 1 amide bonds. The maximum Gasteiger partial charge on any atom is 0.326 e. The maximum atomic E-state index is 12.4. The van der Waals surface area contributed by atoms with Crippen molar-refractivity contribution in [2.24, 2.45) is 0 Å². The molecule has 1 atom stereocenters. The fraction of sp³-hybridized carbons (Fsp3) is 0.385. The number of hydrogen-bond acceptors (Lipinski definition) is 2. The summed E-state index contributed by atoms with van der Waals surface area (Å²) in [4.78, 5) is 25.1. The van der Waals surface area contributed by atoms with Crippen molar-refractivity contribution in [3.05, 3.63) is 32.7 Å². The topological polar surface area (TPSA) is 57.6 Å². The highest BCUT2D eigenvalue weighted by Crippen LogP contribution is 2.24. The van der Waals surface area contributed by atoms with Gasteiger partial charge in [0.1, 0.15) is 6.04 Å². The van der Waals surface area contributed by atoms with Crippen molar-refractivity contribution >= 4 is 43.7 Å². The zero-order valence-electron chi connectivity index (χ0n) is 10.1. The van der Waals surface area contributed by atoms with Crippen molar-refractivity contribution in [2.45, 2.75) is 25.3 Å². The zero-order chi connectivity index (χ0) is 14.0. The van der Waals surface area contributed by atoms with E-state index in [2.05, 4.69) is 31.9 Å². The van der Waals surface area contributed by atoms with E-state index in [0.717, 1.165) is 21.8 Å². The lowest BCUT2D eigenvalue weighted by molar-refractivity contribution is -0.143. The number of carbonyl (C=O) groups excluding carboxylic acids is 1. The minimum Gasteiger partial charge on any atom is -0.480 e. The summed E-state index contributed by atoms with van der Waals surface area (Å²) in [5.74, 6) is -1.16. The van der Waals surface area contributed by atoms with Gasteiger partial charge < -0.3 is 10.0 Å². The Labute approximate surface area is 128 Å². The van der Waals surface area contributed by atoms with Crippen LogP contribution < -0.4 is 0 Å². The average Bonchev–Trinajstić information content (AvgIpc) is 2.36. The molecule has 102 valence electrons. The van der Waals surface area contributed by atoms with Gasteiger partial charge in [0.2, 0.25) is 0 Å². The number of carboxylic acid groups (broad SMARTS) is 1. The second kappa shape index (κ2) is 6.05. The Kier molecular flexibility index (Phi) is 4.62. The minimum absolute atomic E-state index is 0.228. The van der Waals surface area contributed by atoms with Crippen LogP contribution in [0, 0.1) is 0 Å². The Bertz CT molecular complexity index is 498. The quantitative estimate of drug-likeness (QED) is 0.842. The van der Waals surface area contributed by atoms with Crippen LogP contribution in [0.25, 0.3) is 0 Å². The first-order valence-corrected chi connectivity index (χ1v) is 7.57. The highest BCUT2D eigenvalue weighted by Gasteiger charge is 2.32. The number of carboxylic acids is 1. The highest BCUT2D eigenvalue weighted by molar-refractivity contribution is 9.11. The predicted octanol–water partition coefficient (Wildman–Crippen LogP) is 3.29. The second-order valence-electron chi connectivity index (χ2n) is 4.51. The van der Waals surface area contributed by atoms with Crippen LogP contribution in [0.3, 0.4) is 0 Å². The summed E-state index contributed by atoms with van der Waals surface area (Å²) in [5, 5.41) is 9.20. The van der Waals surface area contributed by atoms with Gasteiger partial charge in [-0.15, -0.1) is 0 Å². The molecular weight excluding hydrogens is 378 g/mol. The van der Waals surface area contributed by atoms with Crippen LogP contribution in [0.1, 0.15) is 29.6 Å². The molecule has 0 spiro atoms. The monoisotopic (exact) mass is 389 g/mol. The third kappa shape index (κ3) is 3.36. The number of carbonyl (C=O) groups is 2. The van der Waals surface area contributed by atoms with Crippen LogP contribution in [-0.4, -0.2) is 34.5 Å². The lowest BCUT2D eigenvalue weighted by atomic mass is 10.0. The number of hydrogen-bond donors (Lipinski definition) is 1. The van der Waals surface area contributed by atoms with Crippen LogP contribution in [0.5, 0.6) is 0 Å². The average molecular weight is 391 g/mol. The number of benzene rings is 1. The highest BCUT2D eigenvalue weighted by atomic mass is 79.9. The Morgan fingerprint density at radius 2 is 1.79 bits per heavy atom. The Balaban J connectivity index is 2.28. The van der Waals surface area contributed by atoms with Gasteiger partial charge >= 0.3 is 5.97 Å². The van der Waals surface area contributed by atoms with E-state index in [9.17, 15) is 14.7 Å². The van der Waals surface area contributed by atoms with E-state index in [1.807, 2.05) is 6.07 Å². The number of aliphatic carboxylic acids is 1. The Morgan fingerprint density at radius 1 is 1.16 bits per heavy atom. The summed E-state index contributed by atoms with van der Waals surface area (Å²) in [6, 6.07) is 4.54. The van der Waals surface area contributed by atoms with Gasteiger partial charge in [0.15, 0.2) is 0 Å². The minimum atomic E-state index is -0.929. The molecule has 0 saturated carbocycles. The molecule has 2 rings (SSSR count). The second-order valence-corrected chi connectivity index (χ2v) is 6.34. The van der Waals surface area contributed by atoms with Gasteiger partial charge in [-0.2, -0.15) is 0 Å².